The molecular formula is C13H24N6O. The van der Waals surface area contributed by atoms with E-state index in [2.05, 4.69) is 38.9 Å². The normalized spacial score (nSPS) is 16.7. The Morgan fingerprint density at radius 1 is 1.30 bits per heavy atom. The van der Waals surface area contributed by atoms with Gasteiger partial charge >= 0.3 is 0 Å². The summed E-state index contributed by atoms with van der Waals surface area (Å²) < 4.78 is 0. The minimum Gasteiger partial charge on any atom is -0.395 e. The topological polar surface area (TPSA) is 90.5 Å². The van der Waals surface area contributed by atoms with E-state index in [-0.39, 0.29) is 12.6 Å². The summed E-state index contributed by atoms with van der Waals surface area (Å²) in [6, 6.07) is 0.279. The zero-order valence-electron chi connectivity index (χ0n) is 12.2. The van der Waals surface area contributed by atoms with Gasteiger partial charge in [-0.2, -0.15) is 0 Å². The molecule has 1 aromatic heterocycles. The van der Waals surface area contributed by atoms with E-state index >= 15 is 0 Å². The average molecular weight is 280 g/mol. The molecule has 1 aliphatic rings. The van der Waals surface area contributed by atoms with Crippen molar-refractivity contribution in [3.63, 3.8) is 0 Å². The summed E-state index contributed by atoms with van der Waals surface area (Å²) in [5.41, 5.74) is 6.78. The lowest BCUT2D eigenvalue weighted by molar-refractivity contribution is 0.188. The summed E-state index contributed by atoms with van der Waals surface area (Å²) >= 11 is 0. The number of nitrogens with two attached hydrogens (primary N) is 1. The van der Waals surface area contributed by atoms with Crippen LogP contribution in [0.3, 0.4) is 0 Å². The minimum atomic E-state index is 0.206. The van der Waals surface area contributed by atoms with Gasteiger partial charge in [0.2, 0.25) is 0 Å². The Morgan fingerprint density at radius 3 is 2.60 bits per heavy atom. The van der Waals surface area contributed by atoms with Crippen molar-refractivity contribution in [1.82, 2.24) is 14.9 Å². The predicted octanol–water partition coefficient (Wildman–Crippen LogP) is -0.00660. The van der Waals surface area contributed by atoms with Gasteiger partial charge in [-0.25, -0.2) is 9.97 Å². The summed E-state index contributed by atoms with van der Waals surface area (Å²) in [6.07, 6.45) is 1.55. The standard InChI is InChI=1S/C13H24N6O/c1-10(2)17-12-11(14)13(16-9-15-12)19-5-3-18(4-6-19)7-8-20/h9-10,20H,3-8,14H2,1-2H3,(H,15,16,17). The summed E-state index contributed by atoms with van der Waals surface area (Å²) in [5.74, 6) is 1.49. The van der Waals surface area contributed by atoms with Gasteiger partial charge in [0.25, 0.3) is 0 Å². The number of aliphatic hydroxyl groups is 1. The number of nitrogens with one attached hydrogen (secondary N) is 1. The maximum absolute atomic E-state index is 8.96. The number of rotatable bonds is 5. The lowest BCUT2D eigenvalue weighted by atomic mass is 10.3. The number of aromatic nitrogens is 2. The van der Waals surface area contributed by atoms with Crippen LogP contribution in [0, 0.1) is 0 Å². The van der Waals surface area contributed by atoms with Crippen LogP contribution in [-0.4, -0.2) is 65.3 Å². The molecule has 112 valence electrons. The summed E-state index contributed by atoms with van der Waals surface area (Å²) in [5, 5.41) is 12.2. The molecule has 0 amide bonds. The Balaban J connectivity index is 2.06. The molecular weight excluding hydrogens is 256 g/mol. The highest BCUT2D eigenvalue weighted by Crippen LogP contribution is 2.27. The van der Waals surface area contributed by atoms with Crippen LogP contribution in [0.15, 0.2) is 6.33 Å². The van der Waals surface area contributed by atoms with Crippen LogP contribution in [0.2, 0.25) is 0 Å². The van der Waals surface area contributed by atoms with Crippen LogP contribution in [-0.2, 0) is 0 Å². The van der Waals surface area contributed by atoms with Gasteiger partial charge in [-0.05, 0) is 13.8 Å². The number of nitrogen functional groups attached to an aromatic ring is 1. The van der Waals surface area contributed by atoms with Crippen LogP contribution < -0.4 is 16.0 Å². The van der Waals surface area contributed by atoms with Crippen LogP contribution in [0.4, 0.5) is 17.3 Å². The molecule has 0 radical (unpaired) electrons. The Morgan fingerprint density at radius 2 is 2.00 bits per heavy atom. The Hall–Kier alpha value is -1.60. The van der Waals surface area contributed by atoms with Crippen LogP contribution in [0.5, 0.6) is 0 Å². The fourth-order valence-corrected chi connectivity index (χ4v) is 2.35. The maximum atomic E-state index is 8.96. The molecule has 4 N–H and O–H groups in total. The van der Waals surface area contributed by atoms with Crippen molar-refractivity contribution in [2.45, 2.75) is 19.9 Å². The molecule has 0 atom stereocenters. The number of anilines is 3. The van der Waals surface area contributed by atoms with Crippen LogP contribution in [0.25, 0.3) is 0 Å². The molecule has 1 saturated heterocycles. The maximum Gasteiger partial charge on any atom is 0.157 e. The second kappa shape index (κ2) is 6.71. The van der Waals surface area contributed by atoms with E-state index in [1.807, 2.05) is 0 Å². The van der Waals surface area contributed by atoms with E-state index in [4.69, 9.17) is 10.8 Å². The van der Waals surface area contributed by atoms with Gasteiger partial charge in [0, 0.05) is 38.8 Å². The second-order valence-electron chi connectivity index (χ2n) is 5.31. The molecule has 1 aromatic rings. The highest BCUT2D eigenvalue weighted by Gasteiger charge is 2.20. The van der Waals surface area contributed by atoms with E-state index in [1.54, 1.807) is 6.33 Å². The van der Waals surface area contributed by atoms with E-state index in [0.717, 1.165) is 38.5 Å². The highest BCUT2D eigenvalue weighted by atomic mass is 16.3. The molecule has 0 aliphatic carbocycles. The molecule has 0 unspecified atom stereocenters. The first-order chi connectivity index (χ1) is 9.61. The molecule has 0 saturated carbocycles. The molecule has 0 spiro atoms. The first-order valence-electron chi connectivity index (χ1n) is 7.07. The van der Waals surface area contributed by atoms with Gasteiger partial charge in [0.05, 0.1) is 6.61 Å². The number of piperazine rings is 1. The SMILES string of the molecule is CC(C)Nc1ncnc(N2CCN(CCO)CC2)c1N. The van der Waals surface area contributed by atoms with Gasteiger partial charge < -0.3 is 21.1 Å². The monoisotopic (exact) mass is 280 g/mol. The first kappa shape index (κ1) is 14.8. The minimum absolute atomic E-state index is 0.206. The molecule has 20 heavy (non-hydrogen) atoms. The van der Waals surface area contributed by atoms with Crippen LogP contribution in [0.1, 0.15) is 13.8 Å². The lowest BCUT2D eigenvalue weighted by Gasteiger charge is -2.35. The van der Waals surface area contributed by atoms with E-state index in [1.165, 1.54) is 0 Å². The molecule has 1 aliphatic heterocycles. The zero-order valence-corrected chi connectivity index (χ0v) is 12.2. The summed E-state index contributed by atoms with van der Waals surface area (Å²) in [7, 11) is 0. The predicted molar refractivity (Wildman–Crippen MR) is 80.9 cm³/mol. The molecule has 2 heterocycles. The number of aliphatic hydroxyl groups excluding tert-OH is 1. The first-order valence-corrected chi connectivity index (χ1v) is 7.07. The smallest absolute Gasteiger partial charge is 0.157 e. The van der Waals surface area contributed by atoms with Crippen molar-refractivity contribution in [3.8, 4) is 0 Å². The van der Waals surface area contributed by atoms with Gasteiger partial charge in [0.1, 0.15) is 12.0 Å². The van der Waals surface area contributed by atoms with E-state index in [0.29, 0.717) is 11.5 Å². The molecule has 2 rings (SSSR count). The third-order valence-electron chi connectivity index (χ3n) is 3.38. The van der Waals surface area contributed by atoms with Crippen molar-refractivity contribution >= 4 is 17.3 Å². The fourth-order valence-electron chi connectivity index (χ4n) is 2.35. The summed E-state index contributed by atoms with van der Waals surface area (Å²) in [6.45, 7) is 8.59. The number of hydrogen-bond acceptors (Lipinski definition) is 7. The average Bonchev–Trinajstić information content (AvgIpc) is 2.42. The Labute approximate surface area is 119 Å². The number of β-amino-alcohol motifs (C(OH)–C–C–N with tert-alkyl or cyclic N) is 1. The van der Waals surface area contributed by atoms with Crippen molar-refractivity contribution < 1.29 is 5.11 Å². The fraction of sp³-hybridized carbons (Fsp3) is 0.692. The molecule has 7 heteroatoms. The highest BCUT2D eigenvalue weighted by molar-refractivity contribution is 5.75. The largest absolute Gasteiger partial charge is 0.395 e. The zero-order chi connectivity index (χ0) is 14.5. The lowest BCUT2D eigenvalue weighted by Crippen LogP contribution is -2.47. The van der Waals surface area contributed by atoms with E-state index in [9.17, 15) is 0 Å². The van der Waals surface area contributed by atoms with Crippen molar-refractivity contribution in [2.24, 2.45) is 0 Å². The Kier molecular flexibility index (Phi) is 4.97. The van der Waals surface area contributed by atoms with Crippen molar-refractivity contribution in [3.05, 3.63) is 6.33 Å². The molecule has 1 fully saturated rings. The molecule has 7 nitrogen and oxygen atoms in total. The van der Waals surface area contributed by atoms with Gasteiger partial charge in [-0.15, -0.1) is 0 Å². The number of nitrogens with zero attached hydrogens (tertiary/aromatic N) is 4. The van der Waals surface area contributed by atoms with Gasteiger partial charge in [-0.1, -0.05) is 0 Å². The Bertz CT molecular complexity index is 431. The van der Waals surface area contributed by atoms with Crippen molar-refractivity contribution in [1.29, 1.82) is 0 Å². The molecule has 0 bridgehead atoms. The summed E-state index contributed by atoms with van der Waals surface area (Å²) in [4.78, 5) is 12.9. The second-order valence-corrected chi connectivity index (χ2v) is 5.31. The molecule has 0 aromatic carbocycles. The van der Waals surface area contributed by atoms with Gasteiger partial charge in [0.15, 0.2) is 11.6 Å². The van der Waals surface area contributed by atoms with Gasteiger partial charge in [-0.3, -0.25) is 4.90 Å². The third-order valence-corrected chi connectivity index (χ3v) is 3.38. The third kappa shape index (κ3) is 3.49. The van der Waals surface area contributed by atoms with E-state index < -0.39 is 0 Å². The van der Waals surface area contributed by atoms with Crippen LogP contribution >= 0.6 is 0 Å². The quantitative estimate of drug-likeness (QED) is 0.699. The van der Waals surface area contributed by atoms with Crippen molar-refractivity contribution in [2.75, 3.05) is 55.3 Å². The number of hydrogen-bond donors (Lipinski definition) is 3.